The number of ketones is 1. The highest BCUT2D eigenvalue weighted by Crippen LogP contribution is 2.20. The van der Waals surface area contributed by atoms with Gasteiger partial charge in [-0.2, -0.15) is 5.10 Å². The summed E-state index contributed by atoms with van der Waals surface area (Å²) in [6.07, 6.45) is 3.36. The molecule has 3 aromatic rings. The van der Waals surface area contributed by atoms with Crippen molar-refractivity contribution in [1.82, 2.24) is 9.78 Å². The highest BCUT2D eigenvalue weighted by molar-refractivity contribution is 6.10. The first-order chi connectivity index (χ1) is 10.6. The number of halogens is 2. The molecule has 3 rings (SSSR count). The van der Waals surface area contributed by atoms with E-state index in [4.69, 9.17) is 0 Å². The van der Waals surface area contributed by atoms with E-state index in [-0.39, 0.29) is 5.56 Å². The number of fused-ring (bicyclic) bond motifs is 1. The molecule has 0 aliphatic heterocycles. The van der Waals surface area contributed by atoms with Crippen molar-refractivity contribution in [2.24, 2.45) is 0 Å². The van der Waals surface area contributed by atoms with Crippen LogP contribution in [0.5, 0.6) is 0 Å². The summed E-state index contributed by atoms with van der Waals surface area (Å²) in [6.45, 7) is 4.22. The average Bonchev–Trinajstić information content (AvgIpc) is 2.89. The van der Waals surface area contributed by atoms with Gasteiger partial charge in [0, 0.05) is 17.0 Å². The van der Waals surface area contributed by atoms with Gasteiger partial charge in [0.05, 0.1) is 23.8 Å². The minimum atomic E-state index is -0.868. The van der Waals surface area contributed by atoms with Gasteiger partial charge in [-0.3, -0.25) is 9.48 Å². The van der Waals surface area contributed by atoms with Gasteiger partial charge in [0.1, 0.15) is 11.6 Å². The van der Waals surface area contributed by atoms with E-state index >= 15 is 0 Å². The SMILES string of the molecule is C=CCn1ncc2cc(C(=O)c3ccc(F)cc3F)ccc21. The molecule has 3 nitrogen and oxygen atoms in total. The number of benzene rings is 2. The molecule has 0 unspecified atom stereocenters. The maximum atomic E-state index is 13.7. The second-order valence-corrected chi connectivity index (χ2v) is 4.84. The lowest BCUT2D eigenvalue weighted by Gasteiger charge is -2.04. The Kier molecular flexibility index (Phi) is 3.55. The first kappa shape index (κ1) is 14.1. The fourth-order valence-electron chi connectivity index (χ4n) is 2.33. The highest BCUT2D eigenvalue weighted by Gasteiger charge is 2.15. The molecule has 0 bridgehead atoms. The number of allylic oxidation sites excluding steroid dienone is 1. The fraction of sp³-hybridized carbons (Fsp3) is 0.0588. The lowest BCUT2D eigenvalue weighted by atomic mass is 10.0. The topological polar surface area (TPSA) is 34.9 Å². The summed E-state index contributed by atoms with van der Waals surface area (Å²) in [5, 5.41) is 4.97. The van der Waals surface area contributed by atoms with Gasteiger partial charge in [0.15, 0.2) is 5.78 Å². The van der Waals surface area contributed by atoms with Crippen molar-refractivity contribution in [2.75, 3.05) is 0 Å². The molecule has 110 valence electrons. The molecule has 0 saturated carbocycles. The number of hydrogen-bond acceptors (Lipinski definition) is 2. The number of nitrogens with zero attached hydrogens (tertiary/aromatic N) is 2. The van der Waals surface area contributed by atoms with Gasteiger partial charge >= 0.3 is 0 Å². The Bertz CT molecular complexity index is 883. The summed E-state index contributed by atoms with van der Waals surface area (Å²) in [7, 11) is 0. The van der Waals surface area contributed by atoms with Crippen molar-refractivity contribution in [2.45, 2.75) is 6.54 Å². The number of rotatable bonds is 4. The van der Waals surface area contributed by atoms with E-state index in [1.807, 2.05) is 0 Å². The van der Waals surface area contributed by atoms with Crippen LogP contribution in [0.2, 0.25) is 0 Å². The minimum Gasteiger partial charge on any atom is -0.288 e. The molecule has 0 spiro atoms. The van der Waals surface area contributed by atoms with Crippen LogP contribution in [0.1, 0.15) is 15.9 Å². The van der Waals surface area contributed by atoms with Gasteiger partial charge in [0.25, 0.3) is 0 Å². The van der Waals surface area contributed by atoms with Crippen LogP contribution < -0.4 is 0 Å². The maximum Gasteiger partial charge on any atom is 0.195 e. The summed E-state index contributed by atoms with van der Waals surface area (Å²) in [4.78, 5) is 12.3. The summed E-state index contributed by atoms with van der Waals surface area (Å²) in [5.41, 5.74) is 1.03. The Morgan fingerprint density at radius 3 is 2.77 bits per heavy atom. The Labute approximate surface area is 125 Å². The quantitative estimate of drug-likeness (QED) is 0.543. The van der Waals surface area contributed by atoms with Crippen LogP contribution in [-0.2, 0) is 6.54 Å². The molecule has 1 aromatic heterocycles. The van der Waals surface area contributed by atoms with Crippen molar-refractivity contribution in [3.05, 3.63) is 78.0 Å². The third-order valence-electron chi connectivity index (χ3n) is 3.38. The normalized spacial score (nSPS) is 10.8. The predicted molar refractivity (Wildman–Crippen MR) is 79.7 cm³/mol. The summed E-state index contributed by atoms with van der Waals surface area (Å²) in [5.74, 6) is -2.07. The van der Waals surface area contributed by atoms with E-state index in [1.54, 1.807) is 35.2 Å². The molecule has 1 heterocycles. The number of aromatic nitrogens is 2. The summed E-state index contributed by atoms with van der Waals surface area (Å²) in [6, 6.07) is 7.92. The van der Waals surface area contributed by atoms with Crippen LogP contribution in [0.4, 0.5) is 8.78 Å². The minimum absolute atomic E-state index is 0.153. The molecule has 0 amide bonds. The van der Waals surface area contributed by atoms with Crippen LogP contribution in [0, 0.1) is 11.6 Å². The second kappa shape index (κ2) is 5.52. The lowest BCUT2D eigenvalue weighted by Crippen LogP contribution is -2.05. The summed E-state index contributed by atoms with van der Waals surface area (Å²) >= 11 is 0. The first-order valence-electron chi connectivity index (χ1n) is 6.66. The van der Waals surface area contributed by atoms with Gasteiger partial charge in [0.2, 0.25) is 0 Å². The highest BCUT2D eigenvalue weighted by atomic mass is 19.1. The molecular formula is C17H12F2N2O. The maximum absolute atomic E-state index is 13.7. The van der Waals surface area contributed by atoms with Crippen molar-refractivity contribution < 1.29 is 13.6 Å². The molecule has 2 aromatic carbocycles. The zero-order valence-electron chi connectivity index (χ0n) is 11.6. The fourth-order valence-corrected chi connectivity index (χ4v) is 2.33. The van der Waals surface area contributed by atoms with E-state index in [0.29, 0.717) is 18.2 Å². The number of hydrogen-bond donors (Lipinski definition) is 0. The molecular weight excluding hydrogens is 286 g/mol. The van der Waals surface area contributed by atoms with E-state index in [9.17, 15) is 13.6 Å². The van der Waals surface area contributed by atoms with Crippen molar-refractivity contribution in [1.29, 1.82) is 0 Å². The van der Waals surface area contributed by atoms with Crippen LogP contribution in [0.25, 0.3) is 10.9 Å². The Morgan fingerprint density at radius 2 is 2.05 bits per heavy atom. The van der Waals surface area contributed by atoms with Crippen molar-refractivity contribution >= 4 is 16.7 Å². The van der Waals surface area contributed by atoms with E-state index < -0.39 is 17.4 Å². The zero-order chi connectivity index (χ0) is 15.7. The second-order valence-electron chi connectivity index (χ2n) is 4.84. The number of carbonyl (C=O) groups excluding carboxylic acids is 1. The number of carbonyl (C=O) groups is 1. The Hall–Kier alpha value is -2.82. The lowest BCUT2D eigenvalue weighted by molar-refractivity contribution is 0.103. The van der Waals surface area contributed by atoms with Crippen LogP contribution in [-0.4, -0.2) is 15.6 Å². The monoisotopic (exact) mass is 298 g/mol. The summed E-state index contributed by atoms with van der Waals surface area (Å²) < 4.78 is 28.4. The van der Waals surface area contributed by atoms with Crippen molar-refractivity contribution in [3.8, 4) is 0 Å². The molecule has 0 aliphatic rings. The Morgan fingerprint density at radius 1 is 1.23 bits per heavy atom. The van der Waals surface area contributed by atoms with E-state index in [2.05, 4.69) is 11.7 Å². The Balaban J connectivity index is 2.02. The van der Waals surface area contributed by atoms with Crippen LogP contribution in [0.15, 0.2) is 55.3 Å². The molecule has 0 radical (unpaired) electrons. The van der Waals surface area contributed by atoms with E-state index in [1.165, 1.54) is 0 Å². The van der Waals surface area contributed by atoms with Gasteiger partial charge in [-0.15, -0.1) is 6.58 Å². The largest absolute Gasteiger partial charge is 0.288 e. The van der Waals surface area contributed by atoms with Crippen LogP contribution in [0.3, 0.4) is 0 Å². The third kappa shape index (κ3) is 2.41. The molecule has 0 aliphatic carbocycles. The van der Waals surface area contributed by atoms with Gasteiger partial charge in [-0.25, -0.2) is 8.78 Å². The molecule has 0 N–H and O–H groups in total. The molecule has 22 heavy (non-hydrogen) atoms. The first-order valence-corrected chi connectivity index (χ1v) is 6.66. The molecule has 0 atom stereocenters. The van der Waals surface area contributed by atoms with E-state index in [0.717, 1.165) is 23.0 Å². The standard InChI is InChI=1S/C17H12F2N2O/c1-2-7-21-16-6-3-11(8-12(16)10-20-21)17(22)14-5-4-13(18)9-15(14)19/h2-6,8-10H,1,7H2. The molecule has 0 saturated heterocycles. The third-order valence-corrected chi connectivity index (χ3v) is 3.38. The molecule has 5 heteroatoms. The zero-order valence-corrected chi connectivity index (χ0v) is 11.6. The van der Waals surface area contributed by atoms with Crippen molar-refractivity contribution in [3.63, 3.8) is 0 Å². The van der Waals surface area contributed by atoms with Gasteiger partial charge < -0.3 is 0 Å². The predicted octanol–water partition coefficient (Wildman–Crippen LogP) is 3.73. The average molecular weight is 298 g/mol. The van der Waals surface area contributed by atoms with Crippen LogP contribution >= 0.6 is 0 Å². The van der Waals surface area contributed by atoms with Gasteiger partial charge in [-0.1, -0.05) is 6.08 Å². The smallest absolute Gasteiger partial charge is 0.195 e. The molecule has 0 fully saturated rings. The van der Waals surface area contributed by atoms with Gasteiger partial charge in [-0.05, 0) is 30.3 Å².